The Morgan fingerprint density at radius 1 is 0.900 bits per heavy atom. The molecule has 1 heterocycles. The van der Waals surface area contributed by atoms with Crippen LogP contribution < -0.4 is 0 Å². The van der Waals surface area contributed by atoms with E-state index in [0.717, 1.165) is 25.7 Å². The molecular formula is C17H22N2O. The summed E-state index contributed by atoms with van der Waals surface area (Å²) in [6.07, 6.45) is 7.68. The SMILES string of the molecule is O[C@@H](CCCCCCc1ccccc1)c1cccnn1. The van der Waals surface area contributed by atoms with E-state index in [1.54, 1.807) is 6.20 Å². The number of benzene rings is 1. The lowest BCUT2D eigenvalue weighted by atomic mass is 10.0. The Morgan fingerprint density at radius 3 is 2.45 bits per heavy atom. The van der Waals surface area contributed by atoms with Gasteiger partial charge in [-0.3, -0.25) is 0 Å². The quantitative estimate of drug-likeness (QED) is 0.744. The van der Waals surface area contributed by atoms with Crippen molar-refractivity contribution in [3.63, 3.8) is 0 Å². The standard InChI is InChI=1S/C17H22N2O/c20-17(16-12-8-14-18-19-16)13-7-2-1-4-9-15-10-5-3-6-11-15/h3,5-6,8,10-12,14,17,20H,1-2,4,7,9,13H2/t17-/m0/s1. The van der Waals surface area contributed by atoms with E-state index in [9.17, 15) is 5.11 Å². The van der Waals surface area contributed by atoms with Crippen molar-refractivity contribution in [1.82, 2.24) is 10.2 Å². The molecular weight excluding hydrogens is 248 g/mol. The molecule has 0 radical (unpaired) electrons. The number of aromatic nitrogens is 2. The van der Waals surface area contributed by atoms with Crippen LogP contribution in [0.3, 0.4) is 0 Å². The molecule has 0 bridgehead atoms. The molecule has 2 aromatic rings. The maximum absolute atomic E-state index is 9.95. The molecule has 106 valence electrons. The Morgan fingerprint density at radius 2 is 1.70 bits per heavy atom. The van der Waals surface area contributed by atoms with Crippen LogP contribution in [0.4, 0.5) is 0 Å². The topological polar surface area (TPSA) is 46.0 Å². The van der Waals surface area contributed by atoms with Crippen LogP contribution in [0.1, 0.15) is 49.5 Å². The molecule has 0 aliphatic rings. The van der Waals surface area contributed by atoms with Crippen molar-refractivity contribution in [2.75, 3.05) is 0 Å². The summed E-state index contributed by atoms with van der Waals surface area (Å²) in [5.41, 5.74) is 2.09. The van der Waals surface area contributed by atoms with E-state index in [2.05, 4.69) is 40.5 Å². The molecule has 0 aliphatic carbocycles. The molecule has 0 fully saturated rings. The molecule has 1 aromatic heterocycles. The van der Waals surface area contributed by atoms with Gasteiger partial charge in [-0.05, 0) is 37.0 Å². The molecule has 0 amide bonds. The molecule has 3 nitrogen and oxygen atoms in total. The molecule has 2 rings (SSSR count). The molecule has 0 saturated heterocycles. The predicted octanol–water partition coefficient (Wildman–Crippen LogP) is 3.70. The molecule has 1 N–H and O–H groups in total. The van der Waals surface area contributed by atoms with Gasteiger partial charge in [0.15, 0.2) is 0 Å². The van der Waals surface area contributed by atoms with Crippen molar-refractivity contribution >= 4 is 0 Å². The summed E-state index contributed by atoms with van der Waals surface area (Å²) in [5.74, 6) is 0. The summed E-state index contributed by atoms with van der Waals surface area (Å²) >= 11 is 0. The second-order valence-corrected chi connectivity index (χ2v) is 5.10. The molecule has 1 aromatic carbocycles. The first-order chi connectivity index (χ1) is 9.86. The van der Waals surface area contributed by atoms with Gasteiger partial charge in [0.25, 0.3) is 0 Å². The lowest BCUT2D eigenvalue weighted by Crippen LogP contribution is -2.01. The van der Waals surface area contributed by atoms with E-state index in [-0.39, 0.29) is 0 Å². The van der Waals surface area contributed by atoms with Gasteiger partial charge in [0.05, 0.1) is 11.8 Å². The third-order valence-electron chi connectivity index (χ3n) is 3.47. The van der Waals surface area contributed by atoms with Crippen LogP contribution in [0.2, 0.25) is 0 Å². The van der Waals surface area contributed by atoms with Crippen LogP contribution in [0.25, 0.3) is 0 Å². The van der Waals surface area contributed by atoms with E-state index in [1.807, 2.05) is 12.1 Å². The fourth-order valence-electron chi connectivity index (χ4n) is 2.30. The van der Waals surface area contributed by atoms with E-state index in [0.29, 0.717) is 5.69 Å². The molecule has 0 saturated carbocycles. The highest BCUT2D eigenvalue weighted by atomic mass is 16.3. The number of aliphatic hydroxyl groups excluding tert-OH is 1. The zero-order valence-corrected chi connectivity index (χ0v) is 11.8. The molecule has 1 atom stereocenters. The summed E-state index contributed by atoms with van der Waals surface area (Å²) < 4.78 is 0. The fourth-order valence-corrected chi connectivity index (χ4v) is 2.30. The molecule has 0 aliphatic heterocycles. The highest BCUT2D eigenvalue weighted by molar-refractivity contribution is 5.14. The summed E-state index contributed by atoms with van der Waals surface area (Å²) in [6, 6.07) is 14.2. The number of aliphatic hydroxyl groups is 1. The first kappa shape index (κ1) is 14.7. The summed E-state index contributed by atoms with van der Waals surface area (Å²) in [6.45, 7) is 0. The summed E-state index contributed by atoms with van der Waals surface area (Å²) in [7, 11) is 0. The average Bonchev–Trinajstić information content (AvgIpc) is 2.52. The van der Waals surface area contributed by atoms with Gasteiger partial charge in [-0.25, -0.2) is 0 Å². The van der Waals surface area contributed by atoms with Crippen molar-refractivity contribution in [2.24, 2.45) is 0 Å². The van der Waals surface area contributed by atoms with Crippen molar-refractivity contribution in [1.29, 1.82) is 0 Å². The third-order valence-corrected chi connectivity index (χ3v) is 3.47. The highest BCUT2D eigenvalue weighted by Gasteiger charge is 2.08. The second kappa shape index (κ2) is 8.43. The minimum atomic E-state index is -0.474. The van der Waals surface area contributed by atoms with Gasteiger partial charge in [0, 0.05) is 6.20 Å². The van der Waals surface area contributed by atoms with E-state index < -0.39 is 6.10 Å². The van der Waals surface area contributed by atoms with Gasteiger partial charge >= 0.3 is 0 Å². The maximum atomic E-state index is 9.95. The van der Waals surface area contributed by atoms with E-state index >= 15 is 0 Å². The van der Waals surface area contributed by atoms with Gasteiger partial charge in [-0.15, -0.1) is 0 Å². The fraction of sp³-hybridized carbons (Fsp3) is 0.412. The number of aryl methyl sites for hydroxylation is 1. The predicted molar refractivity (Wildman–Crippen MR) is 80.2 cm³/mol. The monoisotopic (exact) mass is 270 g/mol. The average molecular weight is 270 g/mol. The lowest BCUT2D eigenvalue weighted by Gasteiger charge is -2.08. The van der Waals surface area contributed by atoms with Crippen molar-refractivity contribution < 1.29 is 5.11 Å². The van der Waals surface area contributed by atoms with Crippen LogP contribution in [0.15, 0.2) is 48.7 Å². The largest absolute Gasteiger partial charge is 0.387 e. The van der Waals surface area contributed by atoms with Gasteiger partial charge < -0.3 is 5.11 Å². The molecule has 3 heteroatoms. The molecule has 0 unspecified atom stereocenters. The summed E-state index contributed by atoms with van der Waals surface area (Å²) in [5, 5.41) is 17.7. The van der Waals surface area contributed by atoms with Gasteiger partial charge in [0.2, 0.25) is 0 Å². The van der Waals surface area contributed by atoms with Crippen LogP contribution in [-0.4, -0.2) is 15.3 Å². The Labute approximate surface area is 120 Å². The van der Waals surface area contributed by atoms with Crippen LogP contribution in [-0.2, 0) is 6.42 Å². The van der Waals surface area contributed by atoms with Crippen LogP contribution in [0.5, 0.6) is 0 Å². The minimum absolute atomic E-state index is 0.474. The zero-order valence-electron chi connectivity index (χ0n) is 11.8. The van der Waals surface area contributed by atoms with Crippen LogP contribution in [0, 0.1) is 0 Å². The highest BCUT2D eigenvalue weighted by Crippen LogP contribution is 2.17. The smallest absolute Gasteiger partial charge is 0.0978 e. The number of unbranched alkanes of at least 4 members (excludes halogenated alkanes) is 3. The number of rotatable bonds is 8. The van der Waals surface area contributed by atoms with Gasteiger partial charge in [0.1, 0.15) is 0 Å². The number of nitrogens with zero attached hydrogens (tertiary/aromatic N) is 2. The van der Waals surface area contributed by atoms with Crippen molar-refractivity contribution in [3.05, 3.63) is 59.9 Å². The first-order valence-electron chi connectivity index (χ1n) is 7.36. The number of hydrogen-bond acceptors (Lipinski definition) is 3. The van der Waals surface area contributed by atoms with Gasteiger partial charge in [-0.2, -0.15) is 10.2 Å². The first-order valence-corrected chi connectivity index (χ1v) is 7.36. The lowest BCUT2D eigenvalue weighted by molar-refractivity contribution is 0.157. The van der Waals surface area contributed by atoms with Crippen molar-refractivity contribution in [3.8, 4) is 0 Å². The van der Waals surface area contributed by atoms with Crippen LogP contribution >= 0.6 is 0 Å². The Balaban J connectivity index is 1.56. The van der Waals surface area contributed by atoms with Crippen molar-refractivity contribution in [2.45, 2.75) is 44.6 Å². The molecule has 0 spiro atoms. The van der Waals surface area contributed by atoms with E-state index in [4.69, 9.17) is 0 Å². The zero-order chi connectivity index (χ0) is 14.0. The summed E-state index contributed by atoms with van der Waals surface area (Å²) in [4.78, 5) is 0. The third kappa shape index (κ3) is 5.10. The second-order valence-electron chi connectivity index (χ2n) is 5.10. The Hall–Kier alpha value is -1.74. The Bertz CT molecular complexity index is 473. The van der Waals surface area contributed by atoms with E-state index in [1.165, 1.54) is 18.4 Å². The van der Waals surface area contributed by atoms with Gasteiger partial charge in [-0.1, -0.05) is 49.6 Å². The molecule has 20 heavy (non-hydrogen) atoms. The Kier molecular flexibility index (Phi) is 6.18. The number of hydrogen-bond donors (Lipinski definition) is 1. The normalized spacial score (nSPS) is 12.2. The maximum Gasteiger partial charge on any atom is 0.0978 e. The minimum Gasteiger partial charge on any atom is -0.387 e.